The molecule has 2 aliphatic heterocycles. The first-order chi connectivity index (χ1) is 9.70. The average Bonchev–Trinajstić information content (AvgIpc) is 2.48. The minimum Gasteiger partial charge on any atom is -0.330 e. The Kier molecular flexibility index (Phi) is 6.10. The van der Waals surface area contributed by atoms with Crippen molar-refractivity contribution in [2.24, 2.45) is 11.7 Å². The van der Waals surface area contributed by atoms with Crippen LogP contribution in [0.15, 0.2) is 0 Å². The molecule has 0 aromatic carbocycles. The van der Waals surface area contributed by atoms with Crippen LogP contribution in [0.5, 0.6) is 0 Å². The highest BCUT2D eigenvalue weighted by atomic mass is 16.2. The van der Waals surface area contributed by atoms with Gasteiger partial charge in [0.25, 0.3) is 0 Å². The molecule has 0 bridgehead atoms. The number of unbranched alkanes of at least 4 members (excludes halogenated alkanes) is 1. The minimum absolute atomic E-state index is 0.263. The molecule has 2 fully saturated rings. The van der Waals surface area contributed by atoms with Crippen molar-refractivity contribution >= 4 is 6.03 Å². The van der Waals surface area contributed by atoms with E-state index in [1.54, 1.807) is 0 Å². The lowest BCUT2D eigenvalue weighted by molar-refractivity contribution is 0.102. The number of carbonyl (C=O) groups is 1. The van der Waals surface area contributed by atoms with Gasteiger partial charge in [0, 0.05) is 39.3 Å². The number of urea groups is 1. The molecular formula is C15H30N4O. The van der Waals surface area contributed by atoms with E-state index in [2.05, 4.69) is 11.8 Å². The van der Waals surface area contributed by atoms with Crippen LogP contribution in [-0.4, -0.2) is 73.1 Å². The summed E-state index contributed by atoms with van der Waals surface area (Å²) in [5, 5.41) is 0. The van der Waals surface area contributed by atoms with Crippen LogP contribution in [0.25, 0.3) is 0 Å². The van der Waals surface area contributed by atoms with Crippen LogP contribution in [0.2, 0.25) is 0 Å². The zero-order valence-electron chi connectivity index (χ0n) is 12.9. The largest absolute Gasteiger partial charge is 0.330 e. The Balaban J connectivity index is 1.69. The summed E-state index contributed by atoms with van der Waals surface area (Å²) in [4.78, 5) is 19.0. The molecule has 0 atom stereocenters. The molecular weight excluding hydrogens is 252 g/mol. The standard InChI is InChI=1S/C15H30N4O/c1-14-4-8-18(9-5-14)15(20)19-12-10-17(11-13-19)7-3-2-6-16/h14H,2-13,16H2,1H3. The summed E-state index contributed by atoms with van der Waals surface area (Å²) in [6.45, 7) is 9.86. The normalized spacial score (nSPS) is 22.3. The molecule has 0 unspecified atom stereocenters. The molecule has 2 rings (SSSR count). The number of piperidine rings is 1. The SMILES string of the molecule is CC1CCN(C(=O)N2CCN(CCCCN)CC2)CC1. The van der Waals surface area contributed by atoms with Gasteiger partial charge in [0.15, 0.2) is 0 Å². The monoisotopic (exact) mass is 282 g/mol. The number of carbonyl (C=O) groups excluding carboxylic acids is 1. The number of hydrogen-bond donors (Lipinski definition) is 1. The van der Waals surface area contributed by atoms with Gasteiger partial charge in [0.05, 0.1) is 0 Å². The number of rotatable bonds is 4. The molecule has 0 saturated carbocycles. The highest BCUT2D eigenvalue weighted by Crippen LogP contribution is 2.18. The fourth-order valence-electron chi connectivity index (χ4n) is 3.04. The van der Waals surface area contributed by atoms with Crippen LogP contribution < -0.4 is 5.73 Å². The van der Waals surface area contributed by atoms with E-state index < -0.39 is 0 Å². The molecule has 2 N–H and O–H groups in total. The predicted octanol–water partition coefficient (Wildman–Crippen LogP) is 1.19. The molecule has 5 heteroatoms. The van der Waals surface area contributed by atoms with Crippen LogP contribution >= 0.6 is 0 Å². The van der Waals surface area contributed by atoms with Gasteiger partial charge in [0.2, 0.25) is 0 Å². The molecule has 0 aromatic heterocycles. The number of piperazine rings is 1. The Morgan fingerprint density at radius 1 is 1.00 bits per heavy atom. The van der Waals surface area contributed by atoms with E-state index in [0.29, 0.717) is 0 Å². The van der Waals surface area contributed by atoms with E-state index in [1.807, 2.05) is 9.80 Å². The van der Waals surface area contributed by atoms with Crippen LogP contribution in [0, 0.1) is 5.92 Å². The van der Waals surface area contributed by atoms with Gasteiger partial charge in [-0.25, -0.2) is 4.79 Å². The summed E-state index contributed by atoms with van der Waals surface area (Å²) in [6.07, 6.45) is 4.59. The summed E-state index contributed by atoms with van der Waals surface area (Å²) in [7, 11) is 0. The Morgan fingerprint density at radius 2 is 1.60 bits per heavy atom. The molecule has 0 spiro atoms. The summed E-state index contributed by atoms with van der Waals surface area (Å²) >= 11 is 0. The van der Waals surface area contributed by atoms with Crippen molar-refractivity contribution in [3.63, 3.8) is 0 Å². The third-order valence-corrected chi connectivity index (χ3v) is 4.63. The Bertz CT molecular complexity index is 294. The predicted molar refractivity (Wildman–Crippen MR) is 81.7 cm³/mol. The van der Waals surface area contributed by atoms with Gasteiger partial charge in [-0.1, -0.05) is 6.92 Å². The molecule has 116 valence electrons. The third kappa shape index (κ3) is 4.35. The van der Waals surface area contributed by atoms with Crippen molar-refractivity contribution in [2.75, 3.05) is 52.4 Å². The van der Waals surface area contributed by atoms with Crippen molar-refractivity contribution in [3.8, 4) is 0 Å². The maximum atomic E-state index is 12.4. The van der Waals surface area contributed by atoms with E-state index in [9.17, 15) is 4.79 Å². The van der Waals surface area contributed by atoms with Gasteiger partial charge in [-0.15, -0.1) is 0 Å². The first kappa shape index (κ1) is 15.6. The molecule has 0 aromatic rings. The molecule has 2 heterocycles. The van der Waals surface area contributed by atoms with Gasteiger partial charge < -0.3 is 15.5 Å². The maximum Gasteiger partial charge on any atom is 0.320 e. The summed E-state index contributed by atoms with van der Waals surface area (Å²) in [6, 6.07) is 0.263. The highest BCUT2D eigenvalue weighted by Gasteiger charge is 2.27. The number of nitrogens with zero attached hydrogens (tertiary/aromatic N) is 3. The number of likely N-dealkylation sites (tertiary alicyclic amines) is 1. The Hall–Kier alpha value is -0.810. The molecule has 0 radical (unpaired) electrons. The molecule has 20 heavy (non-hydrogen) atoms. The second kappa shape index (κ2) is 7.84. The van der Waals surface area contributed by atoms with Crippen molar-refractivity contribution in [3.05, 3.63) is 0 Å². The van der Waals surface area contributed by atoms with Crippen LogP contribution in [-0.2, 0) is 0 Å². The summed E-state index contributed by atoms with van der Waals surface area (Å²) < 4.78 is 0. The third-order valence-electron chi connectivity index (χ3n) is 4.63. The zero-order valence-corrected chi connectivity index (χ0v) is 12.9. The van der Waals surface area contributed by atoms with E-state index in [0.717, 1.165) is 77.5 Å². The van der Waals surface area contributed by atoms with Crippen LogP contribution in [0.4, 0.5) is 4.79 Å². The van der Waals surface area contributed by atoms with Crippen molar-refractivity contribution < 1.29 is 4.79 Å². The lowest BCUT2D eigenvalue weighted by Gasteiger charge is -2.39. The maximum absolute atomic E-state index is 12.4. The quantitative estimate of drug-likeness (QED) is 0.788. The fraction of sp³-hybridized carbons (Fsp3) is 0.933. The van der Waals surface area contributed by atoms with Crippen LogP contribution in [0.1, 0.15) is 32.6 Å². The lowest BCUT2D eigenvalue weighted by Crippen LogP contribution is -2.54. The van der Waals surface area contributed by atoms with Crippen molar-refractivity contribution in [1.82, 2.24) is 14.7 Å². The molecule has 2 aliphatic rings. The first-order valence-electron chi connectivity index (χ1n) is 8.17. The Labute approximate surface area is 123 Å². The fourth-order valence-corrected chi connectivity index (χ4v) is 3.04. The van der Waals surface area contributed by atoms with E-state index >= 15 is 0 Å². The van der Waals surface area contributed by atoms with Crippen LogP contribution in [0.3, 0.4) is 0 Å². The van der Waals surface area contributed by atoms with Gasteiger partial charge in [0.1, 0.15) is 0 Å². The van der Waals surface area contributed by atoms with E-state index in [-0.39, 0.29) is 6.03 Å². The molecule has 5 nitrogen and oxygen atoms in total. The number of hydrogen-bond acceptors (Lipinski definition) is 3. The summed E-state index contributed by atoms with van der Waals surface area (Å²) in [5.74, 6) is 0.776. The number of nitrogens with two attached hydrogens (primary N) is 1. The summed E-state index contributed by atoms with van der Waals surface area (Å²) in [5.41, 5.74) is 5.52. The highest BCUT2D eigenvalue weighted by molar-refractivity contribution is 5.74. The Morgan fingerprint density at radius 3 is 2.20 bits per heavy atom. The molecule has 2 amide bonds. The molecule has 0 aliphatic carbocycles. The van der Waals surface area contributed by atoms with Crippen molar-refractivity contribution in [2.45, 2.75) is 32.6 Å². The number of amides is 2. The first-order valence-corrected chi connectivity index (χ1v) is 8.17. The van der Waals surface area contributed by atoms with E-state index in [1.165, 1.54) is 6.42 Å². The van der Waals surface area contributed by atoms with Gasteiger partial charge >= 0.3 is 6.03 Å². The second-order valence-corrected chi connectivity index (χ2v) is 6.28. The molecule has 2 saturated heterocycles. The minimum atomic E-state index is 0.263. The van der Waals surface area contributed by atoms with Gasteiger partial charge in [-0.3, -0.25) is 4.90 Å². The van der Waals surface area contributed by atoms with Crippen molar-refractivity contribution in [1.29, 1.82) is 0 Å². The smallest absolute Gasteiger partial charge is 0.320 e. The lowest BCUT2D eigenvalue weighted by atomic mass is 9.99. The van der Waals surface area contributed by atoms with Gasteiger partial charge in [-0.05, 0) is 44.7 Å². The van der Waals surface area contributed by atoms with E-state index in [4.69, 9.17) is 5.73 Å². The topological polar surface area (TPSA) is 52.8 Å². The second-order valence-electron chi connectivity index (χ2n) is 6.28. The van der Waals surface area contributed by atoms with Gasteiger partial charge in [-0.2, -0.15) is 0 Å². The zero-order chi connectivity index (χ0) is 14.4. The average molecular weight is 282 g/mol.